The molecule has 0 amide bonds. The molecule has 0 N–H and O–H groups in total. The second-order valence-electron chi connectivity index (χ2n) is 8.44. The van der Waals surface area contributed by atoms with Crippen molar-refractivity contribution in [2.24, 2.45) is 22.7 Å². The summed E-state index contributed by atoms with van der Waals surface area (Å²) < 4.78 is 42.7. The number of sulfonamides is 1. The first-order valence-electron chi connectivity index (χ1n) is 9.32. The van der Waals surface area contributed by atoms with Gasteiger partial charge in [0.05, 0.1) is 26.1 Å². The summed E-state index contributed by atoms with van der Waals surface area (Å²) in [6, 6.07) is 0. The van der Waals surface area contributed by atoms with Crippen molar-refractivity contribution in [3.63, 3.8) is 0 Å². The van der Waals surface area contributed by atoms with E-state index in [9.17, 15) is 18.0 Å². The van der Waals surface area contributed by atoms with Crippen LogP contribution in [0.1, 0.15) is 33.1 Å². The van der Waals surface area contributed by atoms with Crippen molar-refractivity contribution in [1.29, 1.82) is 0 Å². The fourth-order valence-corrected chi connectivity index (χ4v) is 7.86. The van der Waals surface area contributed by atoms with Gasteiger partial charge in [0, 0.05) is 12.0 Å². The minimum absolute atomic E-state index is 0.0841. The van der Waals surface area contributed by atoms with Crippen LogP contribution >= 0.6 is 0 Å². The third kappa shape index (κ3) is 3.17. The molecule has 4 atom stereocenters. The number of esters is 2. The van der Waals surface area contributed by atoms with Crippen LogP contribution < -0.4 is 0 Å². The van der Waals surface area contributed by atoms with Crippen molar-refractivity contribution in [3.8, 4) is 0 Å². The van der Waals surface area contributed by atoms with E-state index >= 15 is 0 Å². The number of fused-ring (bicyclic) bond motifs is 5. The summed E-state index contributed by atoms with van der Waals surface area (Å²) in [5.41, 5.74) is -0.694. The van der Waals surface area contributed by atoms with Crippen LogP contribution in [-0.2, 0) is 33.8 Å². The van der Waals surface area contributed by atoms with Crippen LogP contribution in [0.5, 0.6) is 0 Å². The first-order valence-corrected chi connectivity index (χ1v) is 10.9. The monoisotopic (exact) mass is 403 g/mol. The number of hydrogen-bond acceptors (Lipinski definition) is 7. The Hall–Kier alpha value is -1.19. The van der Waals surface area contributed by atoms with Gasteiger partial charge in [-0.15, -0.1) is 0 Å². The standard InChI is InChI=1S/C18H29NO7S/c1-17(2)13-5-7-18(17,16-12(13)6-8-26-16)11-27(22,23)19(9-14(20)24-3)10-15(21)25-4/h12-13,16H,5-11H2,1-4H3. The van der Waals surface area contributed by atoms with Gasteiger partial charge in [0.25, 0.3) is 0 Å². The van der Waals surface area contributed by atoms with Crippen LogP contribution in [-0.4, -0.2) is 70.4 Å². The van der Waals surface area contributed by atoms with Gasteiger partial charge in [-0.3, -0.25) is 9.59 Å². The maximum Gasteiger partial charge on any atom is 0.321 e. The number of methoxy groups -OCH3 is 2. The van der Waals surface area contributed by atoms with Crippen LogP contribution in [0.4, 0.5) is 0 Å². The molecule has 3 fully saturated rings. The topological polar surface area (TPSA) is 99.2 Å². The maximum atomic E-state index is 13.3. The smallest absolute Gasteiger partial charge is 0.321 e. The molecule has 1 aliphatic heterocycles. The molecule has 154 valence electrons. The van der Waals surface area contributed by atoms with Gasteiger partial charge in [-0.05, 0) is 36.5 Å². The number of hydrogen-bond donors (Lipinski definition) is 0. The Morgan fingerprint density at radius 1 is 1.11 bits per heavy atom. The van der Waals surface area contributed by atoms with E-state index in [4.69, 9.17) is 4.74 Å². The van der Waals surface area contributed by atoms with Crippen molar-refractivity contribution in [3.05, 3.63) is 0 Å². The molecule has 0 radical (unpaired) electrons. The van der Waals surface area contributed by atoms with Crippen LogP contribution in [0.2, 0.25) is 0 Å². The van der Waals surface area contributed by atoms with Crippen LogP contribution in [0.3, 0.4) is 0 Å². The largest absolute Gasteiger partial charge is 0.468 e. The van der Waals surface area contributed by atoms with Gasteiger partial charge < -0.3 is 14.2 Å². The van der Waals surface area contributed by atoms with Gasteiger partial charge in [-0.1, -0.05) is 13.8 Å². The molecular formula is C18H29NO7S. The Labute approximate surface area is 160 Å². The second kappa shape index (κ2) is 7.00. The molecule has 0 aromatic carbocycles. The quantitative estimate of drug-likeness (QED) is 0.580. The summed E-state index contributed by atoms with van der Waals surface area (Å²) in [5.74, 6) is -0.748. The first kappa shape index (κ1) is 20.5. The molecule has 2 aliphatic carbocycles. The lowest BCUT2D eigenvalue weighted by Gasteiger charge is -2.42. The Morgan fingerprint density at radius 2 is 1.70 bits per heavy atom. The van der Waals surface area contributed by atoms with Crippen molar-refractivity contribution in [1.82, 2.24) is 4.31 Å². The highest BCUT2D eigenvalue weighted by molar-refractivity contribution is 7.89. The molecule has 4 unspecified atom stereocenters. The molecule has 3 aliphatic rings. The van der Waals surface area contributed by atoms with Crippen LogP contribution in [0, 0.1) is 22.7 Å². The highest BCUT2D eigenvalue weighted by Gasteiger charge is 2.71. The molecule has 0 spiro atoms. The zero-order valence-corrected chi connectivity index (χ0v) is 17.2. The van der Waals surface area contributed by atoms with E-state index in [0.29, 0.717) is 18.4 Å². The third-order valence-electron chi connectivity index (χ3n) is 7.21. The third-order valence-corrected chi connectivity index (χ3v) is 9.14. The number of carbonyl (C=O) groups is 2. The van der Waals surface area contributed by atoms with Gasteiger partial charge in [0.2, 0.25) is 10.0 Å². The average Bonchev–Trinajstić information content (AvgIpc) is 3.22. The summed E-state index contributed by atoms with van der Waals surface area (Å²) in [4.78, 5) is 23.5. The molecule has 2 saturated carbocycles. The van der Waals surface area contributed by atoms with Gasteiger partial charge >= 0.3 is 11.9 Å². The molecule has 27 heavy (non-hydrogen) atoms. The highest BCUT2D eigenvalue weighted by Crippen LogP contribution is 2.71. The van der Waals surface area contributed by atoms with Gasteiger partial charge in [-0.2, -0.15) is 4.31 Å². The zero-order valence-electron chi connectivity index (χ0n) is 16.4. The van der Waals surface area contributed by atoms with E-state index in [1.54, 1.807) is 0 Å². The highest BCUT2D eigenvalue weighted by atomic mass is 32.2. The van der Waals surface area contributed by atoms with Crippen molar-refractivity contribution in [2.75, 3.05) is 39.7 Å². The van der Waals surface area contributed by atoms with Gasteiger partial charge in [-0.25, -0.2) is 8.42 Å². The van der Waals surface area contributed by atoms with Crippen LogP contribution in [0.15, 0.2) is 0 Å². The minimum atomic E-state index is -3.92. The van der Waals surface area contributed by atoms with E-state index in [1.165, 1.54) is 14.2 Å². The number of ether oxygens (including phenoxy) is 3. The lowest BCUT2D eigenvalue weighted by molar-refractivity contribution is -0.143. The fourth-order valence-electron chi connectivity index (χ4n) is 5.74. The van der Waals surface area contributed by atoms with Gasteiger partial charge in [0.1, 0.15) is 13.1 Å². The summed E-state index contributed by atoms with van der Waals surface area (Å²) in [7, 11) is -1.55. The predicted octanol–water partition coefficient (Wildman–Crippen LogP) is 0.806. The predicted molar refractivity (Wildman–Crippen MR) is 96.2 cm³/mol. The Bertz CT molecular complexity index is 701. The number of carbonyl (C=O) groups excluding carboxylic acids is 2. The van der Waals surface area contributed by atoms with E-state index in [-0.39, 0.29) is 17.3 Å². The van der Waals surface area contributed by atoms with Crippen LogP contribution in [0.25, 0.3) is 0 Å². The summed E-state index contributed by atoms with van der Waals surface area (Å²) in [6.07, 6.45) is 2.64. The average molecular weight is 403 g/mol. The maximum absolute atomic E-state index is 13.3. The minimum Gasteiger partial charge on any atom is -0.468 e. The molecule has 0 aromatic heterocycles. The van der Waals surface area contributed by atoms with Gasteiger partial charge in [0.15, 0.2) is 0 Å². The molecule has 1 saturated heterocycles. The summed E-state index contributed by atoms with van der Waals surface area (Å²) >= 11 is 0. The Balaban J connectivity index is 1.90. The molecule has 3 rings (SSSR count). The zero-order chi connectivity index (χ0) is 20.0. The van der Waals surface area contributed by atoms with Crippen molar-refractivity contribution in [2.45, 2.75) is 39.2 Å². The van der Waals surface area contributed by atoms with E-state index < -0.39 is 40.5 Å². The molecule has 1 heterocycles. The lowest BCUT2D eigenvalue weighted by Crippen LogP contribution is -2.50. The first-order chi connectivity index (χ1) is 12.6. The molecule has 8 nitrogen and oxygen atoms in total. The lowest BCUT2D eigenvalue weighted by atomic mass is 9.69. The molecule has 0 aromatic rings. The molecular weight excluding hydrogens is 374 g/mol. The van der Waals surface area contributed by atoms with Crippen molar-refractivity contribution < 1.29 is 32.2 Å². The second-order valence-corrected chi connectivity index (χ2v) is 10.4. The fraction of sp³-hybridized carbons (Fsp3) is 0.889. The number of rotatable bonds is 7. The Kier molecular flexibility index (Phi) is 5.33. The normalized spacial score (nSPS) is 33.9. The number of nitrogens with zero attached hydrogens (tertiary/aromatic N) is 1. The van der Waals surface area contributed by atoms with Crippen molar-refractivity contribution >= 4 is 22.0 Å². The summed E-state index contributed by atoms with van der Waals surface area (Å²) in [5, 5.41) is 0. The van der Waals surface area contributed by atoms with E-state index in [2.05, 4.69) is 23.3 Å². The summed E-state index contributed by atoms with van der Waals surface area (Å²) in [6.45, 7) is 3.91. The Morgan fingerprint density at radius 3 is 2.26 bits per heavy atom. The molecule has 9 heteroatoms. The SMILES string of the molecule is COC(=O)CN(CC(=O)OC)S(=O)(=O)CC12CCC(C3CCOC31)C2(C)C. The van der Waals surface area contributed by atoms with E-state index in [1.807, 2.05) is 0 Å². The van der Waals surface area contributed by atoms with E-state index in [0.717, 1.165) is 23.6 Å². The molecule has 2 bridgehead atoms.